The SMILES string of the molecule is CC(C)N(CCN=C1NC2CCCC2CS1)C(C)C. The lowest BCUT2D eigenvalue weighted by Gasteiger charge is -2.30. The van der Waals surface area contributed by atoms with Gasteiger partial charge in [-0.25, -0.2) is 0 Å². The van der Waals surface area contributed by atoms with Crippen LogP contribution < -0.4 is 5.32 Å². The quantitative estimate of drug-likeness (QED) is 0.840. The van der Waals surface area contributed by atoms with Crippen LogP contribution in [0.25, 0.3) is 0 Å². The maximum absolute atomic E-state index is 4.78. The summed E-state index contributed by atoms with van der Waals surface area (Å²) in [5, 5.41) is 4.83. The molecule has 0 amide bonds. The Labute approximate surface area is 122 Å². The van der Waals surface area contributed by atoms with Crippen molar-refractivity contribution in [2.75, 3.05) is 18.8 Å². The molecule has 0 aromatic heterocycles. The van der Waals surface area contributed by atoms with E-state index in [9.17, 15) is 0 Å². The van der Waals surface area contributed by atoms with Gasteiger partial charge in [0.05, 0.1) is 6.54 Å². The van der Waals surface area contributed by atoms with E-state index in [1.54, 1.807) is 0 Å². The van der Waals surface area contributed by atoms with E-state index in [-0.39, 0.29) is 0 Å². The van der Waals surface area contributed by atoms with Crippen LogP contribution in [0.4, 0.5) is 0 Å². The summed E-state index contributed by atoms with van der Waals surface area (Å²) in [5.74, 6) is 2.17. The van der Waals surface area contributed by atoms with Gasteiger partial charge in [-0.2, -0.15) is 0 Å². The smallest absolute Gasteiger partial charge is 0.156 e. The van der Waals surface area contributed by atoms with Gasteiger partial charge < -0.3 is 5.32 Å². The monoisotopic (exact) mass is 283 g/mol. The highest BCUT2D eigenvalue weighted by atomic mass is 32.2. The lowest BCUT2D eigenvalue weighted by Crippen LogP contribution is -2.42. The highest BCUT2D eigenvalue weighted by Crippen LogP contribution is 2.32. The fourth-order valence-electron chi connectivity index (χ4n) is 3.28. The fourth-order valence-corrected chi connectivity index (χ4v) is 4.47. The molecule has 19 heavy (non-hydrogen) atoms. The number of aliphatic imine (C=N–C) groups is 1. The maximum Gasteiger partial charge on any atom is 0.156 e. The summed E-state index contributed by atoms with van der Waals surface area (Å²) in [4.78, 5) is 7.28. The summed E-state index contributed by atoms with van der Waals surface area (Å²) in [5.41, 5.74) is 0. The summed E-state index contributed by atoms with van der Waals surface area (Å²) in [6.07, 6.45) is 4.14. The van der Waals surface area contributed by atoms with Gasteiger partial charge in [-0.3, -0.25) is 9.89 Å². The molecule has 2 rings (SSSR count). The third kappa shape index (κ3) is 4.12. The summed E-state index contributed by atoms with van der Waals surface area (Å²) in [7, 11) is 0. The highest BCUT2D eigenvalue weighted by Gasteiger charge is 2.31. The molecule has 1 saturated carbocycles. The molecule has 3 nitrogen and oxygen atoms in total. The minimum atomic E-state index is 0.603. The number of amidine groups is 1. The van der Waals surface area contributed by atoms with E-state index in [1.807, 2.05) is 11.8 Å². The Morgan fingerprint density at radius 3 is 2.68 bits per heavy atom. The number of nitrogens with one attached hydrogen (secondary N) is 1. The molecule has 4 heteroatoms. The van der Waals surface area contributed by atoms with Gasteiger partial charge in [0.2, 0.25) is 0 Å². The summed E-state index contributed by atoms with van der Waals surface area (Å²) < 4.78 is 0. The molecule has 1 aliphatic heterocycles. The van der Waals surface area contributed by atoms with Gasteiger partial charge in [-0.05, 0) is 46.5 Å². The molecule has 0 aromatic carbocycles. The number of thioether (sulfide) groups is 1. The zero-order chi connectivity index (χ0) is 13.8. The van der Waals surface area contributed by atoms with E-state index in [2.05, 4.69) is 37.9 Å². The lowest BCUT2D eigenvalue weighted by atomic mass is 10.1. The van der Waals surface area contributed by atoms with E-state index in [4.69, 9.17) is 4.99 Å². The molecule has 110 valence electrons. The van der Waals surface area contributed by atoms with Crippen molar-refractivity contribution in [1.82, 2.24) is 10.2 Å². The molecule has 1 aliphatic carbocycles. The molecular formula is C15H29N3S. The molecule has 0 spiro atoms. The van der Waals surface area contributed by atoms with Crippen LogP contribution in [0, 0.1) is 5.92 Å². The molecule has 1 heterocycles. The average molecular weight is 283 g/mol. The zero-order valence-corrected chi connectivity index (χ0v) is 13.7. The highest BCUT2D eigenvalue weighted by molar-refractivity contribution is 8.13. The summed E-state index contributed by atoms with van der Waals surface area (Å²) in [6.45, 7) is 11.1. The molecule has 0 radical (unpaired) electrons. The normalized spacial score (nSPS) is 29.3. The van der Waals surface area contributed by atoms with E-state index in [0.29, 0.717) is 18.1 Å². The molecule has 0 aromatic rings. The van der Waals surface area contributed by atoms with E-state index in [1.165, 1.54) is 30.2 Å². The van der Waals surface area contributed by atoms with Crippen LogP contribution in [0.15, 0.2) is 4.99 Å². The van der Waals surface area contributed by atoms with Crippen LogP contribution in [0.5, 0.6) is 0 Å². The lowest BCUT2D eigenvalue weighted by molar-refractivity contribution is 0.181. The zero-order valence-electron chi connectivity index (χ0n) is 12.9. The van der Waals surface area contributed by atoms with Gasteiger partial charge in [0, 0.05) is 30.4 Å². The van der Waals surface area contributed by atoms with Crippen LogP contribution in [-0.2, 0) is 0 Å². The van der Waals surface area contributed by atoms with Crippen LogP contribution in [-0.4, -0.2) is 47.0 Å². The summed E-state index contributed by atoms with van der Waals surface area (Å²) in [6, 6.07) is 1.92. The number of hydrogen-bond donors (Lipinski definition) is 1. The largest absolute Gasteiger partial charge is 0.362 e. The number of fused-ring (bicyclic) bond motifs is 1. The predicted octanol–water partition coefficient (Wildman–Crippen LogP) is 2.97. The minimum Gasteiger partial charge on any atom is -0.362 e. The predicted molar refractivity (Wildman–Crippen MR) is 86.0 cm³/mol. The second-order valence-electron chi connectivity index (χ2n) is 6.37. The van der Waals surface area contributed by atoms with Crippen LogP contribution in [0.2, 0.25) is 0 Å². The van der Waals surface area contributed by atoms with Crippen molar-refractivity contribution in [3.63, 3.8) is 0 Å². The Hall–Kier alpha value is -0.220. The average Bonchev–Trinajstić information content (AvgIpc) is 2.80. The van der Waals surface area contributed by atoms with Crippen LogP contribution >= 0.6 is 11.8 Å². The van der Waals surface area contributed by atoms with Gasteiger partial charge in [-0.1, -0.05) is 18.2 Å². The van der Waals surface area contributed by atoms with E-state index >= 15 is 0 Å². The Bertz CT molecular complexity index is 307. The Morgan fingerprint density at radius 1 is 1.26 bits per heavy atom. The van der Waals surface area contributed by atoms with Gasteiger partial charge in [-0.15, -0.1) is 0 Å². The van der Waals surface area contributed by atoms with Crippen molar-refractivity contribution in [1.29, 1.82) is 0 Å². The van der Waals surface area contributed by atoms with Gasteiger partial charge in [0.15, 0.2) is 5.17 Å². The Morgan fingerprint density at radius 2 is 2.00 bits per heavy atom. The maximum atomic E-state index is 4.78. The first kappa shape index (κ1) is 15.2. The van der Waals surface area contributed by atoms with Crippen molar-refractivity contribution < 1.29 is 0 Å². The van der Waals surface area contributed by atoms with Crippen molar-refractivity contribution in [2.45, 2.75) is 65.1 Å². The first-order valence-corrected chi connectivity index (χ1v) is 8.76. The van der Waals surface area contributed by atoms with E-state index < -0.39 is 0 Å². The topological polar surface area (TPSA) is 27.6 Å². The molecule has 2 unspecified atom stereocenters. The molecule has 2 aliphatic rings. The molecule has 1 saturated heterocycles. The molecular weight excluding hydrogens is 254 g/mol. The molecule has 0 bridgehead atoms. The molecule has 2 atom stereocenters. The van der Waals surface area contributed by atoms with Crippen LogP contribution in [0.1, 0.15) is 47.0 Å². The van der Waals surface area contributed by atoms with Crippen LogP contribution in [0.3, 0.4) is 0 Å². The van der Waals surface area contributed by atoms with Gasteiger partial charge >= 0.3 is 0 Å². The third-order valence-corrected chi connectivity index (χ3v) is 5.46. The van der Waals surface area contributed by atoms with Crippen molar-refractivity contribution in [3.05, 3.63) is 0 Å². The van der Waals surface area contributed by atoms with Crippen molar-refractivity contribution in [2.24, 2.45) is 10.9 Å². The second-order valence-corrected chi connectivity index (χ2v) is 7.37. The molecule has 1 N–H and O–H groups in total. The third-order valence-electron chi connectivity index (χ3n) is 4.34. The van der Waals surface area contributed by atoms with Crippen molar-refractivity contribution in [3.8, 4) is 0 Å². The molecule has 2 fully saturated rings. The second kappa shape index (κ2) is 6.98. The first-order valence-electron chi connectivity index (χ1n) is 7.77. The van der Waals surface area contributed by atoms with Crippen molar-refractivity contribution >= 4 is 16.9 Å². The van der Waals surface area contributed by atoms with E-state index in [0.717, 1.165) is 19.0 Å². The van der Waals surface area contributed by atoms with Gasteiger partial charge in [0.1, 0.15) is 0 Å². The fraction of sp³-hybridized carbons (Fsp3) is 0.933. The number of nitrogens with zero attached hydrogens (tertiary/aromatic N) is 2. The Kier molecular flexibility index (Phi) is 5.58. The Balaban J connectivity index is 1.79. The number of rotatable bonds is 5. The van der Waals surface area contributed by atoms with Gasteiger partial charge in [0.25, 0.3) is 0 Å². The standard InChI is InChI=1S/C15H29N3S/c1-11(2)18(12(3)4)9-8-16-15-17-14-7-5-6-13(14)10-19-15/h11-14H,5-10H2,1-4H3,(H,16,17). The minimum absolute atomic E-state index is 0.603. The summed E-state index contributed by atoms with van der Waals surface area (Å²) >= 11 is 1.93. The first-order chi connectivity index (χ1) is 9.08. The number of hydrogen-bond acceptors (Lipinski definition) is 3.